The molecule has 1 aromatic heterocycles. The highest BCUT2D eigenvalue weighted by Crippen LogP contribution is 2.31. The second-order valence-corrected chi connectivity index (χ2v) is 5.09. The maximum atomic E-state index is 6.09. The molecule has 5 heteroatoms. The van der Waals surface area contributed by atoms with E-state index in [1.165, 1.54) is 19.4 Å². The van der Waals surface area contributed by atoms with E-state index in [4.69, 9.17) is 10.7 Å². The number of nitrogens with two attached hydrogens (primary N) is 1. The van der Waals surface area contributed by atoms with Crippen LogP contribution in [0.2, 0.25) is 0 Å². The number of hydrogen-bond acceptors (Lipinski definition) is 4. The Kier molecular flexibility index (Phi) is 2.88. The molecule has 0 saturated carbocycles. The summed E-state index contributed by atoms with van der Waals surface area (Å²) in [4.78, 5) is 7.16. The molecule has 1 saturated heterocycles. The summed E-state index contributed by atoms with van der Waals surface area (Å²) in [6.07, 6.45) is 4.61. The Hall–Kier alpha value is -0.940. The van der Waals surface area contributed by atoms with Gasteiger partial charge in [0.1, 0.15) is 5.82 Å². The highest BCUT2D eigenvalue weighted by molar-refractivity contribution is 5.05. The van der Waals surface area contributed by atoms with E-state index in [0.717, 1.165) is 37.6 Å². The number of fused-ring (bicyclic) bond motifs is 1. The van der Waals surface area contributed by atoms with Crippen LogP contribution in [0, 0.1) is 0 Å². The van der Waals surface area contributed by atoms with E-state index in [0.29, 0.717) is 6.04 Å². The number of nitrogens with zero attached hydrogens (tertiary/aromatic N) is 4. The summed E-state index contributed by atoms with van der Waals surface area (Å²) in [5.74, 6) is 1.99. The predicted octanol–water partition coefficient (Wildman–Crippen LogP) is 1.23. The Morgan fingerprint density at radius 1 is 1.29 bits per heavy atom. The molecule has 2 aliphatic heterocycles. The largest absolute Gasteiger partial charge is 0.321 e. The van der Waals surface area contributed by atoms with Crippen molar-refractivity contribution >= 4 is 0 Å². The molecule has 0 bridgehead atoms. The highest BCUT2D eigenvalue weighted by Gasteiger charge is 2.30. The van der Waals surface area contributed by atoms with Crippen molar-refractivity contribution in [2.75, 3.05) is 13.1 Å². The summed E-state index contributed by atoms with van der Waals surface area (Å²) in [7, 11) is 0. The van der Waals surface area contributed by atoms with Gasteiger partial charge >= 0.3 is 0 Å². The Bertz CT molecular complexity index is 400. The zero-order valence-corrected chi connectivity index (χ0v) is 10.5. The molecule has 0 aromatic carbocycles. The van der Waals surface area contributed by atoms with Crippen molar-refractivity contribution in [2.45, 2.75) is 51.2 Å². The van der Waals surface area contributed by atoms with Gasteiger partial charge in [0.15, 0.2) is 5.82 Å². The second kappa shape index (κ2) is 4.38. The molecule has 1 fully saturated rings. The van der Waals surface area contributed by atoms with Gasteiger partial charge in [-0.05, 0) is 38.8 Å². The van der Waals surface area contributed by atoms with Crippen molar-refractivity contribution in [3.05, 3.63) is 11.6 Å². The Labute approximate surface area is 102 Å². The fourth-order valence-corrected chi connectivity index (χ4v) is 3.04. The molecular formula is C12H21N5. The van der Waals surface area contributed by atoms with Crippen LogP contribution in [0.3, 0.4) is 0 Å². The molecule has 5 nitrogen and oxygen atoms in total. The zero-order chi connectivity index (χ0) is 11.8. The number of aromatic nitrogens is 3. The molecule has 0 aliphatic carbocycles. The van der Waals surface area contributed by atoms with Gasteiger partial charge < -0.3 is 5.73 Å². The first-order chi connectivity index (χ1) is 8.29. The number of aryl methyl sites for hydroxylation is 1. The maximum absolute atomic E-state index is 6.09. The number of hydrogen-bond donors (Lipinski definition) is 1. The Morgan fingerprint density at radius 3 is 2.88 bits per heavy atom. The number of likely N-dealkylation sites (tertiary alicyclic amines) is 1. The Balaban J connectivity index is 1.89. The van der Waals surface area contributed by atoms with E-state index < -0.39 is 0 Å². The van der Waals surface area contributed by atoms with Crippen LogP contribution in [0.4, 0.5) is 0 Å². The van der Waals surface area contributed by atoms with Crippen LogP contribution in [-0.2, 0) is 6.54 Å². The van der Waals surface area contributed by atoms with Crippen LogP contribution in [0.5, 0.6) is 0 Å². The molecule has 17 heavy (non-hydrogen) atoms. The normalized spacial score (nSPS) is 29.5. The lowest BCUT2D eigenvalue weighted by atomic mass is 10.1. The summed E-state index contributed by atoms with van der Waals surface area (Å²) in [5.41, 5.74) is 6.09. The minimum atomic E-state index is 0.0847. The summed E-state index contributed by atoms with van der Waals surface area (Å²) in [5, 5.41) is 4.67. The van der Waals surface area contributed by atoms with Crippen LogP contribution >= 0.6 is 0 Å². The van der Waals surface area contributed by atoms with Gasteiger partial charge in [-0.1, -0.05) is 6.92 Å². The average Bonchev–Trinajstić information content (AvgIpc) is 2.94. The lowest BCUT2D eigenvalue weighted by molar-refractivity contribution is 0.261. The molecule has 0 spiro atoms. The summed E-state index contributed by atoms with van der Waals surface area (Å²) >= 11 is 0. The van der Waals surface area contributed by atoms with Crippen LogP contribution < -0.4 is 5.73 Å². The Morgan fingerprint density at radius 2 is 2.12 bits per heavy atom. The van der Waals surface area contributed by atoms with Gasteiger partial charge in [0.05, 0.1) is 12.1 Å². The van der Waals surface area contributed by atoms with E-state index in [1.54, 1.807) is 0 Å². The molecule has 94 valence electrons. The molecule has 0 amide bonds. The maximum Gasteiger partial charge on any atom is 0.168 e. The van der Waals surface area contributed by atoms with Crippen LogP contribution in [-0.4, -0.2) is 32.8 Å². The van der Waals surface area contributed by atoms with E-state index in [1.807, 2.05) is 4.68 Å². The summed E-state index contributed by atoms with van der Waals surface area (Å²) in [6.45, 7) is 5.45. The topological polar surface area (TPSA) is 60.0 Å². The third kappa shape index (κ3) is 1.87. The summed E-state index contributed by atoms with van der Waals surface area (Å²) < 4.78 is 2.02. The summed E-state index contributed by atoms with van der Waals surface area (Å²) in [6, 6.07) is 0.506. The smallest absolute Gasteiger partial charge is 0.168 e. The van der Waals surface area contributed by atoms with Gasteiger partial charge in [-0.2, -0.15) is 5.10 Å². The minimum Gasteiger partial charge on any atom is -0.321 e. The van der Waals surface area contributed by atoms with Crippen LogP contribution in [0.25, 0.3) is 0 Å². The van der Waals surface area contributed by atoms with Crippen molar-refractivity contribution in [3.8, 4) is 0 Å². The van der Waals surface area contributed by atoms with Gasteiger partial charge in [-0.25, -0.2) is 9.67 Å². The average molecular weight is 235 g/mol. The van der Waals surface area contributed by atoms with E-state index in [9.17, 15) is 0 Å². The standard InChI is InChI=1S/C12H21N5/c1-2-16-7-4-6-10(16)11-14-12-9(13)5-3-8-17(12)15-11/h9-10H,2-8,13H2,1H3. The van der Waals surface area contributed by atoms with Gasteiger partial charge in [0, 0.05) is 6.54 Å². The van der Waals surface area contributed by atoms with Crippen molar-refractivity contribution in [1.29, 1.82) is 0 Å². The molecule has 3 heterocycles. The lowest BCUT2D eigenvalue weighted by Crippen LogP contribution is -2.23. The molecular weight excluding hydrogens is 214 g/mol. The third-order valence-corrected chi connectivity index (χ3v) is 4.00. The molecule has 0 radical (unpaired) electrons. The third-order valence-electron chi connectivity index (χ3n) is 4.00. The molecule has 2 N–H and O–H groups in total. The molecule has 1 aromatic rings. The highest BCUT2D eigenvalue weighted by atomic mass is 15.4. The number of rotatable bonds is 2. The minimum absolute atomic E-state index is 0.0847. The fourth-order valence-electron chi connectivity index (χ4n) is 3.04. The van der Waals surface area contributed by atoms with Crippen molar-refractivity contribution in [1.82, 2.24) is 19.7 Å². The van der Waals surface area contributed by atoms with Crippen LogP contribution in [0.1, 0.15) is 56.3 Å². The zero-order valence-electron chi connectivity index (χ0n) is 10.5. The van der Waals surface area contributed by atoms with E-state index in [-0.39, 0.29) is 6.04 Å². The molecule has 2 atom stereocenters. The van der Waals surface area contributed by atoms with Crippen LogP contribution in [0.15, 0.2) is 0 Å². The predicted molar refractivity (Wildman–Crippen MR) is 65.4 cm³/mol. The van der Waals surface area contributed by atoms with Crippen molar-refractivity contribution in [3.63, 3.8) is 0 Å². The SMILES string of the molecule is CCN1CCCC1c1nc2n(n1)CCCC2N. The lowest BCUT2D eigenvalue weighted by Gasteiger charge is -2.19. The second-order valence-electron chi connectivity index (χ2n) is 5.09. The van der Waals surface area contributed by atoms with Crippen molar-refractivity contribution in [2.24, 2.45) is 5.73 Å². The molecule has 2 aliphatic rings. The molecule has 3 rings (SSSR count). The van der Waals surface area contributed by atoms with E-state index >= 15 is 0 Å². The van der Waals surface area contributed by atoms with E-state index in [2.05, 4.69) is 16.9 Å². The first-order valence-electron chi connectivity index (χ1n) is 6.74. The van der Waals surface area contributed by atoms with Gasteiger partial charge in [-0.3, -0.25) is 4.90 Å². The van der Waals surface area contributed by atoms with Gasteiger partial charge in [-0.15, -0.1) is 0 Å². The fraction of sp³-hybridized carbons (Fsp3) is 0.833. The van der Waals surface area contributed by atoms with Crippen molar-refractivity contribution < 1.29 is 0 Å². The first-order valence-corrected chi connectivity index (χ1v) is 6.74. The molecule has 2 unspecified atom stereocenters. The van der Waals surface area contributed by atoms with Gasteiger partial charge in [0.2, 0.25) is 0 Å². The van der Waals surface area contributed by atoms with Gasteiger partial charge in [0.25, 0.3) is 0 Å². The first kappa shape index (κ1) is 11.2. The quantitative estimate of drug-likeness (QED) is 0.837. The monoisotopic (exact) mass is 235 g/mol.